The van der Waals surface area contributed by atoms with Crippen LogP contribution in [0.5, 0.6) is 5.75 Å². The minimum atomic E-state index is -0.285. The number of H-pyrrole nitrogens is 1. The number of aryl methyl sites for hydroxylation is 1. The van der Waals surface area contributed by atoms with Gasteiger partial charge in [0.1, 0.15) is 24.3 Å². The van der Waals surface area contributed by atoms with Gasteiger partial charge in [-0.3, -0.25) is 9.69 Å². The molecule has 38 heavy (non-hydrogen) atoms. The molecule has 6 nitrogen and oxygen atoms in total. The Labute approximate surface area is 222 Å². The lowest BCUT2D eigenvalue weighted by Gasteiger charge is -2.17. The first-order chi connectivity index (χ1) is 18.6. The van der Waals surface area contributed by atoms with Crippen LogP contribution in [0.25, 0.3) is 10.9 Å². The maximum absolute atomic E-state index is 12.9. The molecular formula is C31H34FN3O3. The van der Waals surface area contributed by atoms with Gasteiger partial charge in [0.05, 0.1) is 6.61 Å². The van der Waals surface area contributed by atoms with Crippen LogP contribution in [0, 0.1) is 5.82 Å². The number of nitrogens with one attached hydrogen (secondary N) is 2. The number of para-hydroxylation sites is 1. The number of amides is 1. The van der Waals surface area contributed by atoms with Crippen LogP contribution >= 0.6 is 0 Å². The van der Waals surface area contributed by atoms with Crippen LogP contribution < -0.4 is 10.1 Å². The van der Waals surface area contributed by atoms with Crippen molar-refractivity contribution in [3.05, 3.63) is 102 Å². The van der Waals surface area contributed by atoms with Gasteiger partial charge in [-0.1, -0.05) is 42.5 Å². The maximum atomic E-state index is 12.9. The lowest BCUT2D eigenvalue weighted by molar-refractivity contribution is -0.126. The molecule has 1 saturated heterocycles. The summed E-state index contributed by atoms with van der Waals surface area (Å²) in [6, 6.07) is 22.8. The van der Waals surface area contributed by atoms with Crippen molar-refractivity contribution >= 4 is 16.8 Å². The van der Waals surface area contributed by atoms with Crippen LogP contribution in [-0.4, -0.2) is 48.1 Å². The van der Waals surface area contributed by atoms with Crippen LogP contribution in [0.3, 0.4) is 0 Å². The number of benzene rings is 3. The Morgan fingerprint density at radius 3 is 2.66 bits per heavy atom. The Kier molecular flexibility index (Phi) is 8.68. The van der Waals surface area contributed by atoms with Gasteiger partial charge >= 0.3 is 0 Å². The summed E-state index contributed by atoms with van der Waals surface area (Å²) < 4.78 is 24.6. The molecule has 1 aromatic heterocycles. The monoisotopic (exact) mass is 515 g/mol. The van der Waals surface area contributed by atoms with E-state index in [1.165, 1.54) is 34.2 Å². The smallest absolute Gasteiger partial charge is 0.246 e. The van der Waals surface area contributed by atoms with E-state index in [1.54, 1.807) is 12.1 Å². The summed E-state index contributed by atoms with van der Waals surface area (Å²) >= 11 is 0. The third-order valence-corrected chi connectivity index (χ3v) is 6.90. The number of aromatic amines is 1. The summed E-state index contributed by atoms with van der Waals surface area (Å²) in [6.07, 6.45) is 5.06. The van der Waals surface area contributed by atoms with E-state index in [4.69, 9.17) is 9.47 Å². The zero-order valence-corrected chi connectivity index (χ0v) is 21.5. The quantitative estimate of drug-likeness (QED) is 0.254. The average Bonchev–Trinajstić information content (AvgIpc) is 3.56. The first-order valence-electron chi connectivity index (χ1n) is 13.2. The van der Waals surface area contributed by atoms with Gasteiger partial charge in [-0.05, 0) is 66.3 Å². The van der Waals surface area contributed by atoms with Gasteiger partial charge in [-0.25, -0.2) is 4.39 Å². The predicted molar refractivity (Wildman–Crippen MR) is 146 cm³/mol. The number of hydrogen-bond acceptors (Lipinski definition) is 4. The fourth-order valence-corrected chi connectivity index (χ4v) is 4.88. The van der Waals surface area contributed by atoms with Gasteiger partial charge in [0.15, 0.2) is 0 Å². The van der Waals surface area contributed by atoms with Gasteiger partial charge in [-0.15, -0.1) is 0 Å². The summed E-state index contributed by atoms with van der Waals surface area (Å²) in [5.41, 5.74) is 4.57. The Morgan fingerprint density at radius 1 is 1.03 bits per heavy atom. The Bertz CT molecular complexity index is 1320. The molecule has 4 aromatic rings. The molecule has 5 rings (SSSR count). The molecule has 2 N–H and O–H groups in total. The third kappa shape index (κ3) is 7.21. The van der Waals surface area contributed by atoms with Crippen molar-refractivity contribution in [2.24, 2.45) is 0 Å². The van der Waals surface area contributed by atoms with Crippen LogP contribution in [0.1, 0.15) is 29.5 Å². The van der Waals surface area contributed by atoms with E-state index < -0.39 is 0 Å². The number of ether oxygens (including phenoxy) is 2. The highest BCUT2D eigenvalue weighted by atomic mass is 19.1. The standard InChI is InChI=1S/C31H34FN3O3/c32-26-11-7-24(8-12-26)21-37-22-31(36)33-16-3-4-23-9-13-27(14-10-23)38-28-15-17-35(20-28)19-25-18-34-30-6-2-1-5-29(25)30/h1-2,5-14,18,28,34H,3-4,15-17,19-22H2,(H,33,36)/t28-/m1/s1. The molecule has 2 heterocycles. The maximum Gasteiger partial charge on any atom is 0.246 e. The van der Waals surface area contributed by atoms with E-state index in [9.17, 15) is 9.18 Å². The Balaban J connectivity index is 0.969. The summed E-state index contributed by atoms with van der Waals surface area (Å²) in [4.78, 5) is 17.8. The number of rotatable bonds is 12. The molecule has 0 unspecified atom stereocenters. The predicted octanol–water partition coefficient (Wildman–Crippen LogP) is 5.23. The van der Waals surface area contributed by atoms with Crippen LogP contribution in [0.2, 0.25) is 0 Å². The van der Waals surface area contributed by atoms with Crippen molar-refractivity contribution in [1.29, 1.82) is 0 Å². The highest BCUT2D eigenvalue weighted by molar-refractivity contribution is 5.83. The summed E-state index contributed by atoms with van der Waals surface area (Å²) in [6.45, 7) is 3.75. The molecule has 1 atom stereocenters. The van der Waals surface area contributed by atoms with E-state index in [0.29, 0.717) is 6.54 Å². The van der Waals surface area contributed by atoms with Gasteiger partial charge in [0, 0.05) is 43.3 Å². The highest BCUT2D eigenvalue weighted by Gasteiger charge is 2.24. The second-order valence-electron chi connectivity index (χ2n) is 9.84. The normalized spacial score (nSPS) is 15.7. The summed E-state index contributed by atoms with van der Waals surface area (Å²) in [7, 11) is 0. The van der Waals surface area contributed by atoms with Crippen LogP contribution in [-0.2, 0) is 29.1 Å². The fourth-order valence-electron chi connectivity index (χ4n) is 4.88. The molecule has 0 spiro atoms. The fraction of sp³-hybridized carbons (Fsp3) is 0.323. The lowest BCUT2D eigenvalue weighted by atomic mass is 10.1. The van der Waals surface area contributed by atoms with Gasteiger partial charge in [0.25, 0.3) is 0 Å². The molecular weight excluding hydrogens is 481 g/mol. The van der Waals surface area contributed by atoms with E-state index in [0.717, 1.165) is 50.2 Å². The first kappa shape index (κ1) is 25.9. The number of carbonyl (C=O) groups is 1. The van der Waals surface area contributed by atoms with Crippen molar-refractivity contribution < 1.29 is 18.7 Å². The average molecular weight is 516 g/mol. The SMILES string of the molecule is O=C(COCc1ccc(F)cc1)NCCCc1ccc(O[C@@H]2CCN(Cc3c[nH]c4ccccc34)C2)cc1. The van der Waals surface area contributed by atoms with Gasteiger partial charge in [-0.2, -0.15) is 0 Å². The molecule has 0 saturated carbocycles. The van der Waals surface area contributed by atoms with Crippen molar-refractivity contribution in [3.63, 3.8) is 0 Å². The second kappa shape index (κ2) is 12.7. The third-order valence-electron chi connectivity index (χ3n) is 6.90. The van der Waals surface area contributed by atoms with Crippen LogP contribution in [0.15, 0.2) is 79.0 Å². The van der Waals surface area contributed by atoms with E-state index >= 15 is 0 Å². The number of aromatic nitrogens is 1. The molecule has 1 aliphatic heterocycles. The molecule has 0 aliphatic carbocycles. The number of hydrogen-bond donors (Lipinski definition) is 2. The zero-order chi connectivity index (χ0) is 26.2. The zero-order valence-electron chi connectivity index (χ0n) is 21.5. The van der Waals surface area contributed by atoms with Gasteiger partial charge < -0.3 is 19.8 Å². The van der Waals surface area contributed by atoms with Crippen molar-refractivity contribution in [2.75, 3.05) is 26.2 Å². The summed E-state index contributed by atoms with van der Waals surface area (Å²) in [5, 5.41) is 4.18. The Hall–Kier alpha value is -3.68. The number of likely N-dealkylation sites (tertiary alicyclic amines) is 1. The summed E-state index contributed by atoms with van der Waals surface area (Å²) in [5.74, 6) is 0.470. The number of halogens is 1. The van der Waals surface area contributed by atoms with Crippen molar-refractivity contribution in [3.8, 4) is 5.75 Å². The van der Waals surface area contributed by atoms with E-state index in [2.05, 4.69) is 57.8 Å². The molecule has 7 heteroatoms. The molecule has 198 valence electrons. The molecule has 1 aliphatic rings. The van der Waals surface area contributed by atoms with E-state index in [1.807, 2.05) is 12.1 Å². The molecule has 3 aromatic carbocycles. The first-order valence-corrected chi connectivity index (χ1v) is 13.2. The number of fused-ring (bicyclic) bond motifs is 1. The molecule has 0 bridgehead atoms. The topological polar surface area (TPSA) is 66.6 Å². The van der Waals surface area contributed by atoms with Crippen molar-refractivity contribution in [2.45, 2.75) is 38.5 Å². The molecule has 1 fully saturated rings. The number of nitrogens with zero attached hydrogens (tertiary/aromatic N) is 1. The highest BCUT2D eigenvalue weighted by Crippen LogP contribution is 2.24. The molecule has 1 amide bonds. The number of carbonyl (C=O) groups excluding carboxylic acids is 1. The minimum absolute atomic E-state index is 0.0101. The minimum Gasteiger partial charge on any atom is -0.489 e. The van der Waals surface area contributed by atoms with Gasteiger partial charge in [0.2, 0.25) is 5.91 Å². The Morgan fingerprint density at radius 2 is 1.82 bits per heavy atom. The lowest BCUT2D eigenvalue weighted by Crippen LogP contribution is -2.28. The van der Waals surface area contributed by atoms with Crippen LogP contribution in [0.4, 0.5) is 4.39 Å². The van der Waals surface area contributed by atoms with Crippen molar-refractivity contribution in [1.82, 2.24) is 15.2 Å². The van der Waals surface area contributed by atoms with E-state index in [-0.39, 0.29) is 31.0 Å². The molecule has 0 radical (unpaired) electrons. The largest absolute Gasteiger partial charge is 0.489 e. The second-order valence-corrected chi connectivity index (χ2v) is 9.84.